The minimum absolute atomic E-state index is 0.00965. The fourth-order valence-corrected chi connectivity index (χ4v) is 1.41. The van der Waals surface area contributed by atoms with Crippen molar-refractivity contribution in [2.45, 2.75) is 20.8 Å². The summed E-state index contributed by atoms with van der Waals surface area (Å²) in [6, 6.07) is 0. The van der Waals surface area contributed by atoms with E-state index in [0.29, 0.717) is 24.0 Å². The predicted octanol–water partition coefficient (Wildman–Crippen LogP) is 0.269. The van der Waals surface area contributed by atoms with Gasteiger partial charge in [0.15, 0.2) is 0 Å². The lowest BCUT2D eigenvalue weighted by molar-refractivity contribution is -0.127. The van der Waals surface area contributed by atoms with Gasteiger partial charge in [0.25, 0.3) is 0 Å². The van der Waals surface area contributed by atoms with Crippen LogP contribution in [-0.2, 0) is 4.79 Å². The van der Waals surface area contributed by atoms with Crippen molar-refractivity contribution in [2.75, 3.05) is 30.9 Å². The number of nitrogen functional groups attached to an aromatic ring is 1. The number of carbonyl (C=O) groups excluding carboxylic acids is 1. The quantitative estimate of drug-likeness (QED) is 0.514. The van der Waals surface area contributed by atoms with Gasteiger partial charge in [-0.05, 0) is 20.8 Å². The van der Waals surface area contributed by atoms with Crippen LogP contribution in [0.2, 0.25) is 0 Å². The number of aromatic nitrogens is 2. The van der Waals surface area contributed by atoms with Gasteiger partial charge in [0.05, 0.1) is 6.54 Å². The van der Waals surface area contributed by atoms with E-state index in [1.807, 2.05) is 13.8 Å². The van der Waals surface area contributed by atoms with E-state index in [2.05, 4.69) is 20.7 Å². The fraction of sp³-hybridized carbons (Fsp3) is 0.545. The summed E-state index contributed by atoms with van der Waals surface area (Å²) in [5.74, 6) is 7.15. The molecule has 0 fully saturated rings. The van der Waals surface area contributed by atoms with E-state index in [0.717, 1.165) is 5.56 Å². The molecule has 0 aliphatic carbocycles. The summed E-state index contributed by atoms with van der Waals surface area (Å²) in [6.45, 7) is 6.41. The van der Waals surface area contributed by atoms with Crippen molar-refractivity contribution in [1.82, 2.24) is 14.9 Å². The van der Waals surface area contributed by atoms with Crippen molar-refractivity contribution >= 4 is 17.5 Å². The van der Waals surface area contributed by atoms with E-state index in [1.165, 1.54) is 0 Å². The number of aryl methyl sites for hydroxylation is 1. The molecule has 1 aromatic heterocycles. The number of amides is 1. The summed E-state index contributed by atoms with van der Waals surface area (Å²) in [7, 11) is 1.76. The Morgan fingerprint density at radius 2 is 1.94 bits per heavy atom. The largest absolute Gasteiger partial charge is 0.361 e. The molecule has 0 bridgehead atoms. The van der Waals surface area contributed by atoms with Gasteiger partial charge in [0, 0.05) is 19.2 Å². The highest BCUT2D eigenvalue weighted by Gasteiger charge is 2.11. The zero-order chi connectivity index (χ0) is 13.7. The first-order valence-corrected chi connectivity index (χ1v) is 5.79. The van der Waals surface area contributed by atoms with E-state index in [-0.39, 0.29) is 12.5 Å². The van der Waals surface area contributed by atoms with Crippen LogP contribution in [0.25, 0.3) is 0 Å². The van der Waals surface area contributed by atoms with Gasteiger partial charge in [-0.1, -0.05) is 0 Å². The maximum Gasteiger partial charge on any atom is 0.241 e. The summed E-state index contributed by atoms with van der Waals surface area (Å²) >= 11 is 0. The Labute approximate surface area is 107 Å². The molecule has 0 aliphatic heterocycles. The van der Waals surface area contributed by atoms with Gasteiger partial charge >= 0.3 is 0 Å². The van der Waals surface area contributed by atoms with Crippen LogP contribution in [0, 0.1) is 13.8 Å². The van der Waals surface area contributed by atoms with Crippen molar-refractivity contribution < 1.29 is 4.79 Å². The smallest absolute Gasteiger partial charge is 0.241 e. The molecule has 18 heavy (non-hydrogen) atoms. The minimum atomic E-state index is 0.00965. The lowest BCUT2D eigenvalue weighted by Crippen LogP contribution is -2.32. The molecule has 1 amide bonds. The summed E-state index contributed by atoms with van der Waals surface area (Å²) in [6.07, 6.45) is 0. The van der Waals surface area contributed by atoms with Crippen molar-refractivity contribution in [3.05, 3.63) is 11.4 Å². The van der Waals surface area contributed by atoms with Crippen LogP contribution >= 0.6 is 0 Å². The second-order valence-corrected chi connectivity index (χ2v) is 4.00. The first kappa shape index (κ1) is 14.2. The third kappa shape index (κ3) is 3.30. The number of carbonyl (C=O) groups is 1. The Balaban J connectivity index is 2.79. The van der Waals surface area contributed by atoms with Gasteiger partial charge in [-0.15, -0.1) is 0 Å². The number of nitrogens with two attached hydrogens (primary N) is 1. The molecule has 1 heterocycles. The number of rotatable bonds is 5. The van der Waals surface area contributed by atoms with E-state index in [1.54, 1.807) is 18.9 Å². The molecule has 1 aromatic rings. The van der Waals surface area contributed by atoms with Gasteiger partial charge in [0.1, 0.15) is 17.5 Å². The van der Waals surface area contributed by atoms with Crippen LogP contribution in [0.4, 0.5) is 11.6 Å². The number of hydrogen-bond donors (Lipinski definition) is 3. The molecule has 0 radical (unpaired) electrons. The SMILES string of the molecule is CCN(C)C(=O)CNc1nc(C)nc(NN)c1C. The van der Waals surface area contributed by atoms with E-state index in [4.69, 9.17) is 5.84 Å². The van der Waals surface area contributed by atoms with E-state index < -0.39 is 0 Å². The Morgan fingerprint density at radius 3 is 2.50 bits per heavy atom. The third-order valence-electron chi connectivity index (χ3n) is 2.70. The normalized spacial score (nSPS) is 10.1. The standard InChI is InChI=1S/C11H20N6O/c1-5-17(4)9(18)6-13-10-7(2)11(16-12)15-8(3)14-10/h5-6,12H2,1-4H3,(H2,13,14,15,16). The first-order chi connectivity index (χ1) is 8.49. The molecule has 100 valence electrons. The van der Waals surface area contributed by atoms with Crippen LogP contribution < -0.4 is 16.6 Å². The minimum Gasteiger partial charge on any atom is -0.361 e. The summed E-state index contributed by atoms with van der Waals surface area (Å²) in [4.78, 5) is 21.7. The lowest BCUT2D eigenvalue weighted by atomic mass is 10.3. The first-order valence-electron chi connectivity index (χ1n) is 5.79. The monoisotopic (exact) mass is 252 g/mol. The van der Waals surface area contributed by atoms with Gasteiger partial charge in [-0.2, -0.15) is 0 Å². The topological polar surface area (TPSA) is 96.2 Å². The van der Waals surface area contributed by atoms with Crippen LogP contribution in [0.3, 0.4) is 0 Å². The van der Waals surface area contributed by atoms with Crippen molar-refractivity contribution in [3.8, 4) is 0 Å². The molecule has 7 nitrogen and oxygen atoms in total. The average molecular weight is 252 g/mol. The average Bonchev–Trinajstić information content (AvgIpc) is 2.37. The number of anilines is 2. The molecule has 0 atom stereocenters. The van der Waals surface area contributed by atoms with Gasteiger partial charge in [-0.3, -0.25) is 4.79 Å². The van der Waals surface area contributed by atoms with Gasteiger partial charge < -0.3 is 15.6 Å². The Hall–Kier alpha value is -1.89. The number of nitrogens with zero attached hydrogens (tertiary/aromatic N) is 3. The van der Waals surface area contributed by atoms with Crippen molar-refractivity contribution in [1.29, 1.82) is 0 Å². The zero-order valence-electron chi connectivity index (χ0n) is 11.2. The van der Waals surface area contributed by atoms with Crippen molar-refractivity contribution in [2.24, 2.45) is 5.84 Å². The molecular weight excluding hydrogens is 232 g/mol. The molecule has 0 saturated carbocycles. The fourth-order valence-electron chi connectivity index (χ4n) is 1.41. The third-order valence-corrected chi connectivity index (χ3v) is 2.70. The van der Waals surface area contributed by atoms with Crippen LogP contribution in [0.15, 0.2) is 0 Å². The zero-order valence-corrected chi connectivity index (χ0v) is 11.2. The van der Waals surface area contributed by atoms with Gasteiger partial charge in [0.2, 0.25) is 5.91 Å². The van der Waals surface area contributed by atoms with Crippen LogP contribution in [0.5, 0.6) is 0 Å². The molecule has 0 aliphatic rings. The van der Waals surface area contributed by atoms with Gasteiger partial charge in [-0.25, -0.2) is 15.8 Å². The number of likely N-dealkylation sites (N-methyl/N-ethyl adjacent to an activating group) is 1. The highest BCUT2D eigenvalue weighted by atomic mass is 16.2. The summed E-state index contributed by atoms with van der Waals surface area (Å²) in [5, 5.41) is 3.01. The molecular formula is C11H20N6O. The van der Waals surface area contributed by atoms with Crippen LogP contribution in [-0.4, -0.2) is 40.9 Å². The van der Waals surface area contributed by atoms with Crippen molar-refractivity contribution in [3.63, 3.8) is 0 Å². The second kappa shape index (κ2) is 6.15. The Kier molecular flexibility index (Phi) is 4.85. The molecule has 0 spiro atoms. The highest BCUT2D eigenvalue weighted by molar-refractivity contribution is 5.80. The molecule has 0 aromatic carbocycles. The number of hydrazine groups is 1. The maximum absolute atomic E-state index is 11.7. The lowest BCUT2D eigenvalue weighted by Gasteiger charge is -2.16. The molecule has 0 saturated heterocycles. The molecule has 0 unspecified atom stereocenters. The molecule has 1 rings (SSSR count). The molecule has 4 N–H and O–H groups in total. The Morgan fingerprint density at radius 1 is 1.33 bits per heavy atom. The molecule has 7 heteroatoms. The summed E-state index contributed by atoms with van der Waals surface area (Å²) in [5.41, 5.74) is 3.30. The van der Waals surface area contributed by atoms with E-state index >= 15 is 0 Å². The Bertz CT molecular complexity index is 434. The van der Waals surface area contributed by atoms with Crippen LogP contribution in [0.1, 0.15) is 18.3 Å². The predicted molar refractivity (Wildman–Crippen MR) is 71.1 cm³/mol. The number of nitrogens with one attached hydrogen (secondary N) is 2. The number of hydrogen-bond acceptors (Lipinski definition) is 6. The van der Waals surface area contributed by atoms with E-state index in [9.17, 15) is 4.79 Å². The second-order valence-electron chi connectivity index (χ2n) is 4.00. The summed E-state index contributed by atoms with van der Waals surface area (Å²) < 4.78 is 0. The maximum atomic E-state index is 11.7. The highest BCUT2D eigenvalue weighted by Crippen LogP contribution is 2.18.